The summed E-state index contributed by atoms with van der Waals surface area (Å²) in [5.41, 5.74) is 7.58. The molecule has 0 unspecified atom stereocenters. The molecule has 18 heavy (non-hydrogen) atoms. The summed E-state index contributed by atoms with van der Waals surface area (Å²) >= 11 is 3.10. The molecule has 0 fully saturated rings. The van der Waals surface area contributed by atoms with Crippen LogP contribution in [0.1, 0.15) is 11.1 Å². The fourth-order valence-electron chi connectivity index (χ4n) is 1.62. The van der Waals surface area contributed by atoms with Crippen LogP contribution in [0.5, 0.6) is 11.5 Å². The van der Waals surface area contributed by atoms with Crippen molar-refractivity contribution in [2.45, 2.75) is 13.5 Å². The van der Waals surface area contributed by atoms with E-state index in [-0.39, 0.29) is 5.82 Å². The summed E-state index contributed by atoms with van der Waals surface area (Å²) in [7, 11) is 0. The lowest BCUT2D eigenvalue weighted by molar-refractivity contribution is 0.472. The maximum Gasteiger partial charge on any atom is 0.141 e. The Hall–Kier alpha value is -1.39. The first-order valence-electron chi connectivity index (χ1n) is 5.52. The van der Waals surface area contributed by atoms with Gasteiger partial charge in [-0.1, -0.05) is 12.1 Å². The van der Waals surface area contributed by atoms with Crippen LogP contribution in [0, 0.1) is 12.7 Å². The van der Waals surface area contributed by atoms with Gasteiger partial charge in [0.25, 0.3) is 0 Å². The van der Waals surface area contributed by atoms with Crippen LogP contribution < -0.4 is 10.5 Å². The molecule has 0 heterocycles. The van der Waals surface area contributed by atoms with Crippen molar-refractivity contribution in [3.05, 3.63) is 57.8 Å². The molecule has 2 nitrogen and oxygen atoms in total. The van der Waals surface area contributed by atoms with Crippen molar-refractivity contribution < 1.29 is 9.13 Å². The minimum absolute atomic E-state index is 0.344. The largest absolute Gasteiger partial charge is 0.457 e. The second-order valence-corrected chi connectivity index (χ2v) is 4.84. The molecule has 0 saturated heterocycles. The van der Waals surface area contributed by atoms with Gasteiger partial charge in [0, 0.05) is 12.6 Å². The summed E-state index contributed by atoms with van der Waals surface area (Å²) in [5.74, 6) is 0.831. The second-order valence-electron chi connectivity index (χ2n) is 3.98. The Morgan fingerprint density at radius 2 is 2.00 bits per heavy atom. The third kappa shape index (κ3) is 2.89. The Labute approximate surface area is 114 Å². The molecule has 4 heteroatoms. The topological polar surface area (TPSA) is 35.2 Å². The second kappa shape index (κ2) is 5.50. The van der Waals surface area contributed by atoms with Crippen molar-refractivity contribution in [3.8, 4) is 11.5 Å². The molecule has 0 aromatic heterocycles. The predicted molar refractivity (Wildman–Crippen MR) is 73.2 cm³/mol. The number of halogens is 2. The van der Waals surface area contributed by atoms with Gasteiger partial charge in [-0.2, -0.15) is 0 Å². The van der Waals surface area contributed by atoms with Gasteiger partial charge in [-0.05, 0) is 52.2 Å². The van der Waals surface area contributed by atoms with Crippen LogP contribution >= 0.6 is 15.9 Å². The Morgan fingerprint density at radius 1 is 1.22 bits per heavy atom. The lowest BCUT2D eigenvalue weighted by Crippen LogP contribution is -1.97. The van der Waals surface area contributed by atoms with Gasteiger partial charge in [-0.25, -0.2) is 4.39 Å². The average molecular weight is 310 g/mol. The van der Waals surface area contributed by atoms with Crippen molar-refractivity contribution in [1.82, 2.24) is 0 Å². The maximum absolute atomic E-state index is 13.4. The Kier molecular flexibility index (Phi) is 3.99. The van der Waals surface area contributed by atoms with Crippen LogP contribution in [0.2, 0.25) is 0 Å². The molecule has 2 rings (SSSR count). The molecular weight excluding hydrogens is 297 g/mol. The molecule has 2 aromatic rings. The molecule has 2 aromatic carbocycles. The molecule has 0 atom stereocenters. The van der Waals surface area contributed by atoms with E-state index in [0.717, 1.165) is 11.1 Å². The molecule has 0 aliphatic rings. The molecule has 0 saturated carbocycles. The van der Waals surface area contributed by atoms with Crippen LogP contribution in [0.15, 0.2) is 40.9 Å². The summed E-state index contributed by atoms with van der Waals surface area (Å²) in [6.45, 7) is 2.43. The van der Waals surface area contributed by atoms with Gasteiger partial charge < -0.3 is 10.5 Å². The third-order valence-corrected chi connectivity index (χ3v) is 3.24. The Bertz CT molecular complexity index is 572. The number of nitrogens with two attached hydrogens (primary N) is 1. The first-order chi connectivity index (χ1) is 8.60. The van der Waals surface area contributed by atoms with Gasteiger partial charge in [0.2, 0.25) is 0 Å². The molecule has 0 amide bonds. The smallest absolute Gasteiger partial charge is 0.141 e. The molecule has 0 aliphatic heterocycles. The van der Waals surface area contributed by atoms with Crippen LogP contribution in [-0.2, 0) is 6.54 Å². The molecule has 0 aliphatic carbocycles. The summed E-state index contributed by atoms with van der Waals surface area (Å²) in [6, 6.07) is 10.4. The van der Waals surface area contributed by atoms with Crippen LogP contribution in [0.3, 0.4) is 0 Å². The summed E-state index contributed by atoms with van der Waals surface area (Å²) < 4.78 is 19.4. The highest BCUT2D eigenvalue weighted by Crippen LogP contribution is 2.28. The van der Waals surface area contributed by atoms with Crippen LogP contribution in [0.4, 0.5) is 4.39 Å². The van der Waals surface area contributed by atoms with Gasteiger partial charge in [-0.15, -0.1) is 0 Å². The van der Waals surface area contributed by atoms with Gasteiger partial charge in [-0.3, -0.25) is 0 Å². The predicted octanol–water partition coefficient (Wildman–Crippen LogP) is 4.15. The first kappa shape index (κ1) is 13.1. The van der Waals surface area contributed by atoms with Crippen molar-refractivity contribution in [2.75, 3.05) is 0 Å². The minimum atomic E-state index is -0.344. The zero-order chi connectivity index (χ0) is 13.1. The lowest BCUT2D eigenvalue weighted by atomic mass is 10.1. The molecule has 0 bridgehead atoms. The number of hydrogen-bond donors (Lipinski definition) is 1. The number of aryl methyl sites for hydroxylation is 1. The van der Waals surface area contributed by atoms with Gasteiger partial charge in [0.15, 0.2) is 0 Å². The molecule has 2 N–H and O–H groups in total. The number of ether oxygens (including phenoxy) is 1. The highest BCUT2D eigenvalue weighted by molar-refractivity contribution is 9.10. The standard InChI is InChI=1S/C14H13BrFNO/c1-9-6-10(8-17)2-5-14(9)18-11-3-4-12(15)13(16)7-11/h2-7H,8,17H2,1H3. The monoisotopic (exact) mass is 309 g/mol. The third-order valence-electron chi connectivity index (χ3n) is 2.59. The first-order valence-corrected chi connectivity index (χ1v) is 6.32. The SMILES string of the molecule is Cc1cc(CN)ccc1Oc1ccc(Br)c(F)c1. The van der Waals surface area contributed by atoms with Gasteiger partial charge >= 0.3 is 0 Å². The van der Waals surface area contributed by atoms with Gasteiger partial charge in [0.1, 0.15) is 17.3 Å². The van der Waals surface area contributed by atoms with E-state index in [4.69, 9.17) is 10.5 Å². The number of hydrogen-bond acceptors (Lipinski definition) is 2. The zero-order valence-corrected chi connectivity index (χ0v) is 11.5. The average Bonchev–Trinajstić information content (AvgIpc) is 2.36. The van der Waals surface area contributed by atoms with E-state index in [2.05, 4.69) is 15.9 Å². The molecule has 0 spiro atoms. The van der Waals surface area contributed by atoms with Crippen molar-refractivity contribution in [3.63, 3.8) is 0 Å². The van der Waals surface area contributed by atoms with E-state index in [9.17, 15) is 4.39 Å². The van der Waals surface area contributed by atoms with E-state index in [1.165, 1.54) is 6.07 Å². The molecule has 0 radical (unpaired) electrons. The Morgan fingerprint density at radius 3 is 2.61 bits per heavy atom. The van der Waals surface area contributed by atoms with E-state index in [0.29, 0.717) is 22.5 Å². The Balaban J connectivity index is 2.25. The van der Waals surface area contributed by atoms with Crippen molar-refractivity contribution >= 4 is 15.9 Å². The van der Waals surface area contributed by atoms with Crippen LogP contribution in [-0.4, -0.2) is 0 Å². The highest BCUT2D eigenvalue weighted by atomic mass is 79.9. The number of rotatable bonds is 3. The zero-order valence-electron chi connectivity index (χ0n) is 9.91. The fraction of sp³-hybridized carbons (Fsp3) is 0.143. The minimum Gasteiger partial charge on any atom is -0.457 e. The number of benzene rings is 2. The van der Waals surface area contributed by atoms with E-state index in [1.54, 1.807) is 12.1 Å². The quantitative estimate of drug-likeness (QED) is 0.924. The summed E-state index contributed by atoms with van der Waals surface area (Å²) in [5, 5.41) is 0. The lowest BCUT2D eigenvalue weighted by Gasteiger charge is -2.10. The van der Waals surface area contributed by atoms with Gasteiger partial charge in [0.05, 0.1) is 4.47 Å². The molecular formula is C14H13BrFNO. The normalized spacial score (nSPS) is 10.4. The van der Waals surface area contributed by atoms with Crippen LogP contribution in [0.25, 0.3) is 0 Å². The van der Waals surface area contributed by atoms with E-state index in [1.807, 2.05) is 25.1 Å². The fourth-order valence-corrected chi connectivity index (χ4v) is 1.87. The summed E-state index contributed by atoms with van der Waals surface area (Å²) in [6.07, 6.45) is 0. The summed E-state index contributed by atoms with van der Waals surface area (Å²) in [4.78, 5) is 0. The van der Waals surface area contributed by atoms with Crippen molar-refractivity contribution in [2.24, 2.45) is 5.73 Å². The van der Waals surface area contributed by atoms with E-state index < -0.39 is 0 Å². The maximum atomic E-state index is 13.4. The van der Waals surface area contributed by atoms with E-state index >= 15 is 0 Å². The van der Waals surface area contributed by atoms with Crippen molar-refractivity contribution in [1.29, 1.82) is 0 Å². The highest BCUT2D eigenvalue weighted by Gasteiger charge is 2.05. The molecule has 94 valence electrons.